The number of amides is 1. The minimum Gasteiger partial charge on any atom is -0.423 e. The molecule has 6 nitrogen and oxygen atoms in total. The van der Waals surface area contributed by atoms with Crippen molar-refractivity contribution in [3.63, 3.8) is 0 Å². The quantitative estimate of drug-likeness (QED) is 0.789. The van der Waals surface area contributed by atoms with Gasteiger partial charge in [0.1, 0.15) is 5.52 Å². The van der Waals surface area contributed by atoms with Gasteiger partial charge in [0, 0.05) is 26.1 Å². The molecule has 20 heavy (non-hydrogen) atoms. The number of hydrogen-bond donors (Lipinski definition) is 2. The summed E-state index contributed by atoms with van der Waals surface area (Å²) in [6.07, 6.45) is 0.413. The van der Waals surface area contributed by atoms with Crippen molar-refractivity contribution >= 4 is 28.7 Å². The van der Waals surface area contributed by atoms with Crippen LogP contribution in [0.15, 0.2) is 22.6 Å². The van der Waals surface area contributed by atoms with Crippen molar-refractivity contribution in [2.45, 2.75) is 20.3 Å². The lowest BCUT2D eigenvalue weighted by Crippen LogP contribution is -2.31. The molecule has 2 aromatic rings. The van der Waals surface area contributed by atoms with Gasteiger partial charge in [0.15, 0.2) is 5.58 Å². The van der Waals surface area contributed by atoms with E-state index in [4.69, 9.17) is 10.2 Å². The second-order valence-corrected chi connectivity index (χ2v) is 4.46. The maximum atomic E-state index is 11.8. The number of aromatic nitrogens is 1. The first kappa shape index (κ1) is 14.2. The number of nitrogen functional groups attached to an aromatic ring is 1. The van der Waals surface area contributed by atoms with E-state index in [1.165, 1.54) is 0 Å². The second kappa shape index (κ2) is 6.27. The molecular weight excluding hydrogens is 256 g/mol. The van der Waals surface area contributed by atoms with Gasteiger partial charge in [-0.2, -0.15) is 4.98 Å². The predicted octanol–water partition coefficient (Wildman–Crippen LogP) is 2.08. The molecule has 0 fully saturated rings. The first-order valence-corrected chi connectivity index (χ1v) is 6.82. The number of fused-ring (bicyclic) bond motifs is 1. The van der Waals surface area contributed by atoms with Gasteiger partial charge < -0.3 is 20.4 Å². The number of para-hydroxylation sites is 1. The number of rotatable bonds is 6. The van der Waals surface area contributed by atoms with Crippen LogP contribution in [0.3, 0.4) is 0 Å². The van der Waals surface area contributed by atoms with Gasteiger partial charge in [-0.3, -0.25) is 4.79 Å². The van der Waals surface area contributed by atoms with Crippen LogP contribution < -0.4 is 11.1 Å². The Hall–Kier alpha value is -2.24. The summed E-state index contributed by atoms with van der Waals surface area (Å²) in [7, 11) is 0. The summed E-state index contributed by atoms with van der Waals surface area (Å²) >= 11 is 0. The van der Waals surface area contributed by atoms with Crippen LogP contribution in [0.4, 0.5) is 11.7 Å². The molecule has 1 aromatic carbocycles. The summed E-state index contributed by atoms with van der Waals surface area (Å²) in [5.41, 5.74) is 7.68. The van der Waals surface area contributed by atoms with Crippen LogP contribution in [0.25, 0.3) is 11.1 Å². The third-order valence-corrected chi connectivity index (χ3v) is 3.18. The third-order valence-electron chi connectivity index (χ3n) is 3.18. The molecule has 0 aliphatic heterocycles. The van der Waals surface area contributed by atoms with Crippen LogP contribution in [0.1, 0.15) is 20.3 Å². The molecule has 0 spiro atoms. The molecule has 0 atom stereocenters. The largest absolute Gasteiger partial charge is 0.423 e. The van der Waals surface area contributed by atoms with Crippen LogP contribution >= 0.6 is 0 Å². The zero-order chi connectivity index (χ0) is 14.5. The summed E-state index contributed by atoms with van der Waals surface area (Å²) in [5.74, 6) is 0.123. The van der Waals surface area contributed by atoms with E-state index >= 15 is 0 Å². The SMILES string of the molecule is CCN(CC)C(=O)CCNc1nc2c(N)cccc2o1. The van der Waals surface area contributed by atoms with Crippen LogP contribution in [0.5, 0.6) is 0 Å². The van der Waals surface area contributed by atoms with Crippen LogP contribution in [-0.2, 0) is 4.79 Å². The Balaban J connectivity index is 1.93. The smallest absolute Gasteiger partial charge is 0.295 e. The van der Waals surface area contributed by atoms with E-state index in [0.717, 1.165) is 13.1 Å². The molecule has 108 valence electrons. The molecule has 6 heteroatoms. The molecule has 1 amide bonds. The first-order chi connectivity index (χ1) is 9.65. The van der Waals surface area contributed by atoms with E-state index in [1.54, 1.807) is 11.0 Å². The van der Waals surface area contributed by atoms with Crippen molar-refractivity contribution in [3.8, 4) is 0 Å². The molecule has 2 rings (SSSR count). The van der Waals surface area contributed by atoms with E-state index in [0.29, 0.717) is 35.8 Å². The van der Waals surface area contributed by atoms with Gasteiger partial charge in [-0.1, -0.05) is 6.07 Å². The number of hydrogen-bond acceptors (Lipinski definition) is 5. The molecule has 0 radical (unpaired) electrons. The van der Waals surface area contributed by atoms with Gasteiger partial charge in [0.25, 0.3) is 6.01 Å². The fourth-order valence-corrected chi connectivity index (χ4v) is 2.06. The maximum absolute atomic E-state index is 11.8. The summed E-state index contributed by atoms with van der Waals surface area (Å²) in [6, 6.07) is 5.80. The molecule has 0 saturated heterocycles. The van der Waals surface area contributed by atoms with Gasteiger partial charge in [-0.25, -0.2) is 0 Å². The number of nitrogens with two attached hydrogens (primary N) is 1. The topological polar surface area (TPSA) is 84.4 Å². The fraction of sp³-hybridized carbons (Fsp3) is 0.429. The van der Waals surface area contributed by atoms with Crippen molar-refractivity contribution in [3.05, 3.63) is 18.2 Å². The number of oxazole rings is 1. The van der Waals surface area contributed by atoms with Crippen molar-refractivity contribution in [2.75, 3.05) is 30.7 Å². The summed E-state index contributed by atoms with van der Waals surface area (Å²) < 4.78 is 5.52. The first-order valence-electron chi connectivity index (χ1n) is 6.82. The Labute approximate surface area is 117 Å². The van der Waals surface area contributed by atoms with Crippen LogP contribution in [0.2, 0.25) is 0 Å². The van der Waals surface area contributed by atoms with E-state index < -0.39 is 0 Å². The lowest BCUT2D eigenvalue weighted by molar-refractivity contribution is -0.130. The van der Waals surface area contributed by atoms with Gasteiger partial charge in [0.2, 0.25) is 5.91 Å². The molecule has 0 aliphatic rings. The Morgan fingerprint density at radius 1 is 1.40 bits per heavy atom. The van der Waals surface area contributed by atoms with Crippen molar-refractivity contribution < 1.29 is 9.21 Å². The molecule has 0 aliphatic carbocycles. The Morgan fingerprint density at radius 2 is 2.15 bits per heavy atom. The Kier molecular flexibility index (Phi) is 4.45. The number of nitrogens with zero attached hydrogens (tertiary/aromatic N) is 2. The van der Waals surface area contributed by atoms with Gasteiger partial charge >= 0.3 is 0 Å². The number of nitrogens with one attached hydrogen (secondary N) is 1. The number of benzene rings is 1. The number of carbonyl (C=O) groups is 1. The monoisotopic (exact) mass is 276 g/mol. The lowest BCUT2D eigenvalue weighted by Gasteiger charge is -2.18. The molecule has 1 aromatic heterocycles. The maximum Gasteiger partial charge on any atom is 0.295 e. The predicted molar refractivity (Wildman–Crippen MR) is 79.5 cm³/mol. The third kappa shape index (κ3) is 3.01. The van der Waals surface area contributed by atoms with Gasteiger partial charge in [-0.15, -0.1) is 0 Å². The Morgan fingerprint density at radius 3 is 2.80 bits per heavy atom. The number of carbonyl (C=O) groups excluding carboxylic acids is 1. The Bertz CT molecular complexity index is 590. The average molecular weight is 276 g/mol. The van der Waals surface area contributed by atoms with Crippen molar-refractivity contribution in [1.29, 1.82) is 0 Å². The van der Waals surface area contributed by atoms with Gasteiger partial charge in [-0.05, 0) is 26.0 Å². The molecule has 3 N–H and O–H groups in total. The zero-order valence-corrected chi connectivity index (χ0v) is 11.8. The summed E-state index contributed by atoms with van der Waals surface area (Å²) in [5, 5.41) is 3.01. The molecular formula is C14H20N4O2. The average Bonchev–Trinajstić information content (AvgIpc) is 2.84. The van der Waals surface area contributed by atoms with Crippen molar-refractivity contribution in [2.24, 2.45) is 0 Å². The normalized spacial score (nSPS) is 10.7. The highest BCUT2D eigenvalue weighted by atomic mass is 16.4. The van der Waals surface area contributed by atoms with E-state index in [2.05, 4.69) is 10.3 Å². The molecule has 0 saturated carbocycles. The minimum absolute atomic E-state index is 0.123. The van der Waals surface area contributed by atoms with Crippen molar-refractivity contribution in [1.82, 2.24) is 9.88 Å². The van der Waals surface area contributed by atoms with Crippen LogP contribution in [0, 0.1) is 0 Å². The standard InChI is InChI=1S/C14H20N4O2/c1-3-18(4-2)12(19)8-9-16-14-17-13-10(15)6-5-7-11(13)20-14/h5-7H,3-4,8-9,15H2,1-2H3,(H,16,17). The lowest BCUT2D eigenvalue weighted by atomic mass is 10.3. The highest BCUT2D eigenvalue weighted by molar-refractivity contribution is 5.86. The fourth-order valence-electron chi connectivity index (χ4n) is 2.06. The number of anilines is 2. The summed E-state index contributed by atoms with van der Waals surface area (Å²) in [6.45, 7) is 5.89. The summed E-state index contributed by atoms with van der Waals surface area (Å²) in [4.78, 5) is 17.9. The molecule has 0 unspecified atom stereocenters. The van der Waals surface area contributed by atoms with E-state index in [9.17, 15) is 4.79 Å². The zero-order valence-electron chi connectivity index (χ0n) is 11.8. The van der Waals surface area contributed by atoms with Gasteiger partial charge in [0.05, 0.1) is 5.69 Å². The minimum atomic E-state index is 0.123. The van der Waals surface area contributed by atoms with E-state index in [1.807, 2.05) is 26.0 Å². The molecule has 0 bridgehead atoms. The van der Waals surface area contributed by atoms with E-state index in [-0.39, 0.29) is 5.91 Å². The highest BCUT2D eigenvalue weighted by Crippen LogP contribution is 2.23. The second-order valence-electron chi connectivity index (χ2n) is 4.46. The highest BCUT2D eigenvalue weighted by Gasteiger charge is 2.11. The molecule has 1 heterocycles. The van der Waals surface area contributed by atoms with Crippen LogP contribution in [-0.4, -0.2) is 35.4 Å².